The van der Waals surface area contributed by atoms with Crippen molar-refractivity contribution in [3.8, 4) is 0 Å². The number of carbonyl (C=O) groups excluding carboxylic acids is 2. The van der Waals surface area contributed by atoms with Gasteiger partial charge in [0.2, 0.25) is 11.1 Å². The number of hydrogen-bond donors (Lipinski definition) is 2. The molecule has 1 atom stereocenters. The molecule has 8 nitrogen and oxygen atoms in total. The molecule has 0 aliphatic heterocycles. The number of urea groups is 1. The van der Waals surface area contributed by atoms with Crippen LogP contribution < -0.4 is 10.6 Å². The Morgan fingerprint density at radius 1 is 1.29 bits per heavy atom. The number of nitrogens with zero attached hydrogens (tertiary/aromatic N) is 4. The Kier molecular flexibility index (Phi) is 6.42. The Morgan fingerprint density at radius 2 is 2.11 bits per heavy atom. The second-order valence-electron chi connectivity index (χ2n) is 6.22. The molecule has 0 saturated heterocycles. The van der Waals surface area contributed by atoms with Crippen LogP contribution in [-0.4, -0.2) is 37.4 Å². The fourth-order valence-electron chi connectivity index (χ4n) is 2.46. The van der Waals surface area contributed by atoms with E-state index in [-0.39, 0.29) is 0 Å². The van der Waals surface area contributed by atoms with Crippen molar-refractivity contribution >= 4 is 40.7 Å². The summed E-state index contributed by atoms with van der Waals surface area (Å²) < 4.78 is 1.63. The van der Waals surface area contributed by atoms with Crippen LogP contribution in [0.15, 0.2) is 40.9 Å². The number of benzene rings is 1. The second-order valence-corrected chi connectivity index (χ2v) is 8.56. The minimum atomic E-state index is -0.567. The Bertz CT molecular complexity index is 970. The minimum Gasteiger partial charge on any atom is -0.307 e. The van der Waals surface area contributed by atoms with Crippen LogP contribution in [0, 0.1) is 13.8 Å². The number of carbonyl (C=O) groups is 2. The third-order valence-electron chi connectivity index (χ3n) is 3.90. The monoisotopic (exact) mass is 416 g/mol. The normalized spacial score (nSPS) is 11.8. The number of aryl methyl sites for hydroxylation is 2. The lowest BCUT2D eigenvalue weighted by Crippen LogP contribution is -2.39. The summed E-state index contributed by atoms with van der Waals surface area (Å²) in [5, 5.41) is 18.6. The Labute approximate surface area is 170 Å². The van der Waals surface area contributed by atoms with Crippen LogP contribution in [0.4, 0.5) is 10.5 Å². The summed E-state index contributed by atoms with van der Waals surface area (Å²) in [5.41, 5.74) is 2.69. The van der Waals surface area contributed by atoms with Gasteiger partial charge in [0, 0.05) is 10.6 Å². The smallest absolute Gasteiger partial charge is 0.307 e. The molecule has 1 unspecified atom stereocenters. The van der Waals surface area contributed by atoms with Gasteiger partial charge in [0.15, 0.2) is 0 Å². The van der Waals surface area contributed by atoms with Gasteiger partial charge in [0.1, 0.15) is 0 Å². The number of amides is 3. The predicted molar refractivity (Wildman–Crippen MR) is 110 cm³/mol. The van der Waals surface area contributed by atoms with Crippen LogP contribution in [0.25, 0.3) is 0 Å². The van der Waals surface area contributed by atoms with Gasteiger partial charge in [-0.15, -0.1) is 16.4 Å². The number of thiophene rings is 1. The maximum Gasteiger partial charge on any atom is 0.325 e. The Balaban J connectivity index is 1.56. The molecule has 0 saturated carbocycles. The van der Waals surface area contributed by atoms with E-state index in [0.717, 1.165) is 16.0 Å². The Morgan fingerprint density at radius 3 is 2.82 bits per heavy atom. The largest absolute Gasteiger partial charge is 0.325 e. The number of imide groups is 1. The summed E-state index contributed by atoms with van der Waals surface area (Å²) in [4.78, 5) is 25.6. The zero-order valence-electron chi connectivity index (χ0n) is 15.7. The van der Waals surface area contributed by atoms with E-state index in [4.69, 9.17) is 0 Å². The van der Waals surface area contributed by atoms with Crippen molar-refractivity contribution in [2.24, 2.45) is 0 Å². The summed E-state index contributed by atoms with van der Waals surface area (Å²) in [6, 6.07) is 9.06. The molecular weight excluding hydrogens is 396 g/mol. The molecule has 0 bridgehead atoms. The van der Waals surface area contributed by atoms with E-state index in [1.165, 1.54) is 11.8 Å². The quantitative estimate of drug-likeness (QED) is 0.598. The molecular formula is C18H20N6O2S2. The Hall–Kier alpha value is -2.72. The average molecular weight is 417 g/mol. The first-order valence-corrected chi connectivity index (χ1v) is 10.3. The van der Waals surface area contributed by atoms with E-state index < -0.39 is 17.2 Å². The number of thioether (sulfide) groups is 1. The molecule has 1 aromatic carbocycles. The third-order valence-corrected chi connectivity index (χ3v) is 5.83. The third kappa shape index (κ3) is 5.17. The van der Waals surface area contributed by atoms with E-state index in [1.54, 1.807) is 22.9 Å². The van der Waals surface area contributed by atoms with Gasteiger partial charge < -0.3 is 5.32 Å². The van der Waals surface area contributed by atoms with Crippen molar-refractivity contribution in [2.75, 3.05) is 5.32 Å². The van der Waals surface area contributed by atoms with Crippen LogP contribution in [0.5, 0.6) is 0 Å². The molecule has 3 amide bonds. The van der Waals surface area contributed by atoms with Crippen LogP contribution in [0.1, 0.15) is 22.9 Å². The fourth-order valence-corrected chi connectivity index (χ4v) is 3.94. The summed E-state index contributed by atoms with van der Waals surface area (Å²) >= 11 is 2.81. The first-order valence-electron chi connectivity index (χ1n) is 8.56. The number of nitrogens with one attached hydrogen (secondary N) is 2. The summed E-state index contributed by atoms with van der Waals surface area (Å²) in [6.45, 7) is 6.12. The maximum atomic E-state index is 12.4. The molecule has 0 aliphatic carbocycles. The van der Waals surface area contributed by atoms with Crippen LogP contribution in [0.2, 0.25) is 0 Å². The highest BCUT2D eigenvalue weighted by molar-refractivity contribution is 8.00. The van der Waals surface area contributed by atoms with Crippen molar-refractivity contribution in [3.05, 3.63) is 51.7 Å². The van der Waals surface area contributed by atoms with Crippen LogP contribution >= 0.6 is 23.1 Å². The molecule has 3 aromatic rings. The second kappa shape index (κ2) is 8.98. The lowest BCUT2D eigenvalue weighted by molar-refractivity contribution is -0.119. The van der Waals surface area contributed by atoms with E-state index in [9.17, 15) is 9.59 Å². The zero-order valence-corrected chi connectivity index (χ0v) is 17.3. The summed E-state index contributed by atoms with van der Waals surface area (Å²) in [6.07, 6.45) is 0. The van der Waals surface area contributed by atoms with E-state index in [2.05, 4.69) is 26.2 Å². The van der Waals surface area contributed by atoms with Gasteiger partial charge in [0.05, 0.1) is 11.8 Å². The van der Waals surface area contributed by atoms with E-state index in [1.807, 2.05) is 49.6 Å². The first-order chi connectivity index (χ1) is 13.4. The van der Waals surface area contributed by atoms with E-state index in [0.29, 0.717) is 17.4 Å². The topological polar surface area (TPSA) is 102 Å². The number of hydrogen-bond acceptors (Lipinski definition) is 7. The molecule has 2 N–H and O–H groups in total. The molecule has 146 valence electrons. The molecule has 3 rings (SSSR count). The lowest BCUT2D eigenvalue weighted by Gasteiger charge is -2.13. The van der Waals surface area contributed by atoms with E-state index >= 15 is 0 Å². The van der Waals surface area contributed by atoms with Gasteiger partial charge >= 0.3 is 6.03 Å². The highest BCUT2D eigenvalue weighted by atomic mass is 32.2. The van der Waals surface area contributed by atoms with Crippen LogP contribution in [-0.2, 0) is 11.3 Å². The van der Waals surface area contributed by atoms with Gasteiger partial charge in [-0.05, 0) is 54.3 Å². The molecule has 0 radical (unpaired) electrons. The van der Waals surface area contributed by atoms with Gasteiger partial charge in [0.25, 0.3) is 0 Å². The molecule has 28 heavy (non-hydrogen) atoms. The summed E-state index contributed by atoms with van der Waals surface area (Å²) in [5.74, 6) is -0.419. The number of tetrazole rings is 1. The SMILES string of the molecule is Cc1ccc(NC(=O)NC(=O)C(C)Sc2nnnn2Cc2cccs2)c(C)c1. The average Bonchev–Trinajstić information content (AvgIpc) is 3.30. The number of rotatable bonds is 6. The number of anilines is 1. The summed E-state index contributed by atoms with van der Waals surface area (Å²) in [7, 11) is 0. The molecule has 0 fully saturated rings. The van der Waals surface area contributed by atoms with Crippen LogP contribution in [0.3, 0.4) is 0 Å². The van der Waals surface area contributed by atoms with Crippen molar-refractivity contribution in [1.82, 2.24) is 25.5 Å². The zero-order chi connectivity index (χ0) is 20.1. The standard InChI is InChI=1S/C18H20N6O2S2/c1-11-6-7-15(12(2)9-11)19-17(26)20-16(25)13(3)28-18-21-22-23-24(18)10-14-5-4-8-27-14/h4-9,13H,10H2,1-3H3,(H2,19,20,25,26). The van der Waals surface area contributed by atoms with Crippen molar-refractivity contribution in [3.63, 3.8) is 0 Å². The van der Waals surface area contributed by atoms with Crippen molar-refractivity contribution in [2.45, 2.75) is 37.7 Å². The fraction of sp³-hybridized carbons (Fsp3) is 0.278. The predicted octanol–water partition coefficient (Wildman–Crippen LogP) is 3.23. The van der Waals surface area contributed by atoms with Crippen molar-refractivity contribution < 1.29 is 9.59 Å². The number of aromatic nitrogens is 4. The lowest BCUT2D eigenvalue weighted by atomic mass is 10.1. The highest BCUT2D eigenvalue weighted by Crippen LogP contribution is 2.22. The van der Waals surface area contributed by atoms with Gasteiger partial charge in [-0.1, -0.05) is 35.5 Å². The van der Waals surface area contributed by atoms with Gasteiger partial charge in [-0.2, -0.15) is 0 Å². The molecule has 2 aromatic heterocycles. The molecule has 0 aliphatic rings. The van der Waals surface area contributed by atoms with Crippen molar-refractivity contribution in [1.29, 1.82) is 0 Å². The molecule has 0 spiro atoms. The van der Waals surface area contributed by atoms with Gasteiger partial charge in [-0.3, -0.25) is 10.1 Å². The molecule has 10 heteroatoms. The minimum absolute atomic E-state index is 0.419. The highest BCUT2D eigenvalue weighted by Gasteiger charge is 2.21. The maximum absolute atomic E-state index is 12.4. The molecule has 2 heterocycles. The first kappa shape index (κ1) is 20.0. The van der Waals surface area contributed by atoms with Gasteiger partial charge in [-0.25, -0.2) is 9.48 Å².